The zero-order valence-corrected chi connectivity index (χ0v) is 15.0. The predicted molar refractivity (Wildman–Crippen MR) is 94.0 cm³/mol. The van der Waals surface area contributed by atoms with Gasteiger partial charge in [-0.25, -0.2) is 4.98 Å². The minimum Gasteiger partial charge on any atom is -0.462 e. The zero-order chi connectivity index (χ0) is 17.3. The lowest BCUT2D eigenvalue weighted by molar-refractivity contribution is -0.158. The molecule has 0 bridgehead atoms. The van der Waals surface area contributed by atoms with E-state index in [4.69, 9.17) is 4.74 Å². The Kier molecular flexibility index (Phi) is 4.85. The van der Waals surface area contributed by atoms with E-state index in [-0.39, 0.29) is 36.2 Å². The molecule has 3 atom stereocenters. The van der Waals surface area contributed by atoms with E-state index >= 15 is 0 Å². The van der Waals surface area contributed by atoms with Gasteiger partial charge in [0.1, 0.15) is 11.1 Å². The van der Waals surface area contributed by atoms with E-state index in [1.165, 1.54) is 0 Å². The van der Waals surface area contributed by atoms with Crippen LogP contribution in [0.3, 0.4) is 0 Å². The summed E-state index contributed by atoms with van der Waals surface area (Å²) < 4.78 is 6.78. The van der Waals surface area contributed by atoms with E-state index in [1.54, 1.807) is 23.3 Å². The molecule has 0 spiro atoms. The number of likely N-dealkylation sites (tertiary alicyclic amines) is 1. The number of carbonyl (C=O) groups excluding carboxylic acids is 2. The van der Waals surface area contributed by atoms with Gasteiger partial charge in [0.25, 0.3) is 0 Å². The van der Waals surface area contributed by atoms with Gasteiger partial charge in [0, 0.05) is 25.9 Å². The Balaban J connectivity index is 1.64. The first-order chi connectivity index (χ1) is 11.5. The number of para-hydroxylation sites is 1. The average molecular weight is 346 g/mol. The molecule has 24 heavy (non-hydrogen) atoms. The van der Waals surface area contributed by atoms with Crippen molar-refractivity contribution in [1.82, 2.24) is 9.88 Å². The average Bonchev–Trinajstić information content (AvgIpc) is 3.00. The van der Waals surface area contributed by atoms with Crippen molar-refractivity contribution in [2.24, 2.45) is 5.92 Å². The van der Waals surface area contributed by atoms with Crippen LogP contribution in [0.2, 0.25) is 0 Å². The van der Waals surface area contributed by atoms with Crippen LogP contribution < -0.4 is 0 Å². The second-order valence-corrected chi connectivity index (χ2v) is 7.52. The van der Waals surface area contributed by atoms with Crippen LogP contribution in [0.25, 0.3) is 10.2 Å². The fourth-order valence-corrected chi connectivity index (χ4v) is 3.92. The van der Waals surface area contributed by atoms with Gasteiger partial charge in [0.15, 0.2) is 0 Å². The van der Waals surface area contributed by atoms with Crippen molar-refractivity contribution in [3.8, 4) is 0 Å². The number of piperidine rings is 1. The molecule has 0 radical (unpaired) electrons. The third-order valence-corrected chi connectivity index (χ3v) is 5.94. The van der Waals surface area contributed by atoms with Gasteiger partial charge in [-0.1, -0.05) is 19.1 Å². The molecular formula is C18H22N2O3S. The van der Waals surface area contributed by atoms with Gasteiger partial charge in [0.05, 0.1) is 16.1 Å². The molecule has 0 N–H and O–H groups in total. The van der Waals surface area contributed by atoms with Crippen molar-refractivity contribution < 1.29 is 14.3 Å². The summed E-state index contributed by atoms with van der Waals surface area (Å²) in [6, 6.07) is 8.00. The molecule has 0 aliphatic carbocycles. The van der Waals surface area contributed by atoms with Gasteiger partial charge in [-0.15, -0.1) is 11.3 Å². The van der Waals surface area contributed by atoms with Crippen LogP contribution >= 0.6 is 11.3 Å². The third-order valence-electron chi connectivity index (χ3n) is 4.70. The lowest BCUT2D eigenvalue weighted by atomic mass is 9.96. The molecule has 1 fully saturated rings. The quantitative estimate of drug-likeness (QED) is 0.798. The molecule has 3 rings (SSSR count). The van der Waals surface area contributed by atoms with E-state index in [9.17, 15) is 9.59 Å². The van der Waals surface area contributed by atoms with E-state index in [1.807, 2.05) is 38.1 Å². The maximum absolute atomic E-state index is 12.4. The number of aromatic nitrogens is 1. The molecular weight excluding hydrogens is 324 g/mol. The van der Waals surface area contributed by atoms with E-state index in [0.29, 0.717) is 13.0 Å². The van der Waals surface area contributed by atoms with E-state index in [2.05, 4.69) is 4.98 Å². The molecule has 5 nitrogen and oxygen atoms in total. The van der Waals surface area contributed by atoms with Crippen LogP contribution in [0.1, 0.15) is 37.6 Å². The lowest BCUT2D eigenvalue weighted by Gasteiger charge is -2.29. The normalized spacial score (nSPS) is 20.9. The number of thiazole rings is 1. The molecule has 2 aromatic rings. The molecule has 1 aromatic carbocycles. The number of fused-ring (bicyclic) bond motifs is 1. The second kappa shape index (κ2) is 6.89. The Morgan fingerprint density at radius 2 is 2.12 bits per heavy atom. The van der Waals surface area contributed by atoms with Gasteiger partial charge >= 0.3 is 5.97 Å². The van der Waals surface area contributed by atoms with Crippen LogP contribution in [0, 0.1) is 5.92 Å². The van der Waals surface area contributed by atoms with E-state index in [0.717, 1.165) is 15.2 Å². The van der Waals surface area contributed by atoms with Crippen molar-refractivity contribution >= 4 is 33.4 Å². The molecule has 1 amide bonds. The van der Waals surface area contributed by atoms with E-state index < -0.39 is 0 Å². The first-order valence-corrected chi connectivity index (χ1v) is 9.07. The van der Waals surface area contributed by atoms with Crippen LogP contribution in [0.5, 0.6) is 0 Å². The predicted octanol–water partition coefficient (Wildman–Crippen LogP) is 3.20. The number of amides is 1. The van der Waals surface area contributed by atoms with Crippen LogP contribution in [0.4, 0.5) is 0 Å². The maximum Gasteiger partial charge on any atom is 0.309 e. The molecule has 2 heterocycles. The lowest BCUT2D eigenvalue weighted by Crippen LogP contribution is -2.39. The van der Waals surface area contributed by atoms with Crippen molar-refractivity contribution in [2.75, 3.05) is 13.6 Å². The standard InChI is InChI=1S/C18H22N2O3S/c1-11(17-19-14-6-4-5-7-15(14)24-17)12(2)23-18(22)13-8-9-20(3)16(21)10-13/h4-7,11-13H,8-10H2,1-3H3/t11-,12+,13+/m1/s1. The third kappa shape index (κ3) is 3.43. The van der Waals surface area contributed by atoms with Gasteiger partial charge in [-0.3, -0.25) is 9.59 Å². The Morgan fingerprint density at radius 1 is 1.38 bits per heavy atom. The van der Waals surface area contributed by atoms with Crippen molar-refractivity contribution in [1.29, 1.82) is 0 Å². The number of hydrogen-bond acceptors (Lipinski definition) is 5. The van der Waals surface area contributed by atoms with Crippen molar-refractivity contribution in [2.45, 2.75) is 38.7 Å². The molecule has 1 aliphatic heterocycles. The summed E-state index contributed by atoms with van der Waals surface area (Å²) in [5.41, 5.74) is 0.976. The zero-order valence-electron chi connectivity index (χ0n) is 14.2. The van der Waals surface area contributed by atoms with Crippen molar-refractivity contribution in [3.63, 3.8) is 0 Å². The summed E-state index contributed by atoms with van der Waals surface area (Å²) in [6.45, 7) is 4.53. The van der Waals surface area contributed by atoms with Crippen LogP contribution in [-0.2, 0) is 14.3 Å². The summed E-state index contributed by atoms with van der Waals surface area (Å²) in [7, 11) is 1.77. The summed E-state index contributed by atoms with van der Waals surface area (Å²) in [6.07, 6.45) is 0.647. The fourth-order valence-electron chi connectivity index (χ4n) is 2.81. The Hall–Kier alpha value is -1.95. The van der Waals surface area contributed by atoms with Gasteiger partial charge in [-0.2, -0.15) is 0 Å². The minimum absolute atomic E-state index is 0.00933. The molecule has 1 saturated heterocycles. The summed E-state index contributed by atoms with van der Waals surface area (Å²) >= 11 is 1.63. The molecule has 0 saturated carbocycles. The van der Waals surface area contributed by atoms with Crippen LogP contribution in [0.15, 0.2) is 24.3 Å². The largest absolute Gasteiger partial charge is 0.462 e. The van der Waals surface area contributed by atoms with Gasteiger partial charge in [-0.05, 0) is 25.5 Å². The minimum atomic E-state index is -0.321. The first-order valence-electron chi connectivity index (χ1n) is 8.25. The first kappa shape index (κ1) is 16.9. The highest BCUT2D eigenvalue weighted by atomic mass is 32.1. The summed E-state index contributed by atoms with van der Waals surface area (Å²) in [5.74, 6) is -0.556. The number of hydrogen-bond donors (Lipinski definition) is 0. The highest BCUT2D eigenvalue weighted by molar-refractivity contribution is 7.18. The topological polar surface area (TPSA) is 59.5 Å². The summed E-state index contributed by atoms with van der Waals surface area (Å²) in [5, 5.41) is 0.968. The smallest absolute Gasteiger partial charge is 0.309 e. The van der Waals surface area contributed by atoms with Crippen LogP contribution in [-0.4, -0.2) is 41.5 Å². The number of nitrogens with zero attached hydrogens (tertiary/aromatic N) is 2. The molecule has 0 unspecified atom stereocenters. The summed E-state index contributed by atoms with van der Waals surface area (Å²) in [4.78, 5) is 30.4. The molecule has 128 valence electrons. The maximum atomic E-state index is 12.4. The highest BCUT2D eigenvalue weighted by Crippen LogP contribution is 2.31. The van der Waals surface area contributed by atoms with Crippen molar-refractivity contribution in [3.05, 3.63) is 29.3 Å². The Morgan fingerprint density at radius 3 is 2.83 bits per heavy atom. The van der Waals surface area contributed by atoms with Gasteiger partial charge < -0.3 is 9.64 Å². The second-order valence-electron chi connectivity index (χ2n) is 6.46. The Bertz CT molecular complexity index is 725. The Labute approximate surface area is 145 Å². The molecule has 6 heteroatoms. The SMILES string of the molecule is C[C@H](OC(=O)[C@H]1CCN(C)C(=O)C1)[C@@H](C)c1nc2ccccc2s1. The highest BCUT2D eigenvalue weighted by Gasteiger charge is 2.32. The monoisotopic (exact) mass is 346 g/mol. The number of ether oxygens (including phenoxy) is 1. The number of benzene rings is 1. The fraction of sp³-hybridized carbons (Fsp3) is 0.500. The number of rotatable bonds is 4. The number of esters is 1. The van der Waals surface area contributed by atoms with Gasteiger partial charge in [0.2, 0.25) is 5.91 Å². The molecule has 1 aliphatic rings. The number of carbonyl (C=O) groups is 2. The molecule has 1 aromatic heterocycles.